The first-order valence-electron chi connectivity index (χ1n) is 10.5. The van der Waals surface area contributed by atoms with E-state index in [0.29, 0.717) is 23.7 Å². The van der Waals surface area contributed by atoms with Crippen LogP contribution >= 0.6 is 0 Å². The summed E-state index contributed by atoms with van der Waals surface area (Å²) in [5, 5.41) is 11.2. The molecule has 14 atom stereocenters. The zero-order valence-corrected chi connectivity index (χ0v) is 14.4. The molecule has 7 aliphatic rings. The molecule has 3 nitrogen and oxygen atoms in total. The van der Waals surface area contributed by atoms with Crippen LogP contribution < -0.4 is 0 Å². The Bertz CT molecular complexity index is 625. The first-order valence-corrected chi connectivity index (χ1v) is 10.5. The summed E-state index contributed by atoms with van der Waals surface area (Å²) in [5.74, 6) is 8.67. The van der Waals surface area contributed by atoms with Gasteiger partial charge in [-0.15, -0.1) is 0 Å². The number of hydrogen-bond acceptors (Lipinski definition) is 3. The number of carbonyl (C=O) groups excluding carboxylic acids is 1. The van der Waals surface area contributed by atoms with Crippen molar-refractivity contribution in [3.05, 3.63) is 0 Å². The minimum atomic E-state index is -0.0545. The number of fused-ring (bicyclic) bond motifs is 5. The predicted octanol–water partition coefficient (Wildman–Crippen LogP) is 2.72. The molecule has 130 valence electrons. The van der Waals surface area contributed by atoms with Crippen LogP contribution in [0, 0.1) is 71.0 Å². The maximum atomic E-state index is 11.9. The Hall–Kier alpha value is -0.570. The van der Waals surface area contributed by atoms with Crippen molar-refractivity contribution >= 4 is 5.97 Å². The topological polar surface area (TPSA) is 46.5 Å². The average Bonchev–Trinajstić information content (AvgIpc) is 3.27. The van der Waals surface area contributed by atoms with Gasteiger partial charge in [0, 0.05) is 18.8 Å². The van der Waals surface area contributed by atoms with Crippen molar-refractivity contribution in [1.29, 1.82) is 0 Å². The summed E-state index contributed by atoms with van der Waals surface area (Å²) in [6.45, 7) is 1.62. The van der Waals surface area contributed by atoms with Gasteiger partial charge in [-0.2, -0.15) is 0 Å². The minimum absolute atomic E-state index is 0.00581. The van der Waals surface area contributed by atoms with E-state index in [9.17, 15) is 9.90 Å². The summed E-state index contributed by atoms with van der Waals surface area (Å²) in [6.07, 6.45) is 6.82. The summed E-state index contributed by atoms with van der Waals surface area (Å²) in [7, 11) is 0. The molecule has 0 saturated heterocycles. The zero-order valence-electron chi connectivity index (χ0n) is 14.4. The number of rotatable bonds is 1. The third-order valence-electron chi connectivity index (χ3n) is 10.4. The molecule has 7 saturated carbocycles. The Morgan fingerprint density at radius 3 is 2.17 bits per heavy atom. The van der Waals surface area contributed by atoms with Crippen LogP contribution in [0.25, 0.3) is 0 Å². The number of aliphatic hydroxyl groups is 1. The molecule has 7 rings (SSSR count). The number of esters is 1. The van der Waals surface area contributed by atoms with E-state index in [-0.39, 0.29) is 18.2 Å². The molecule has 7 aliphatic carbocycles. The average molecular weight is 328 g/mol. The Balaban J connectivity index is 1.42. The van der Waals surface area contributed by atoms with Gasteiger partial charge in [-0.25, -0.2) is 0 Å². The molecule has 0 radical (unpaired) electrons. The molecule has 1 N–H and O–H groups in total. The Morgan fingerprint density at radius 1 is 0.750 bits per heavy atom. The number of hydrogen-bond donors (Lipinski definition) is 1. The van der Waals surface area contributed by atoms with Crippen LogP contribution in [-0.2, 0) is 9.53 Å². The summed E-state index contributed by atoms with van der Waals surface area (Å²) < 4.78 is 6.10. The van der Waals surface area contributed by atoms with E-state index >= 15 is 0 Å². The van der Waals surface area contributed by atoms with E-state index in [1.807, 2.05) is 0 Å². The van der Waals surface area contributed by atoms with Crippen molar-refractivity contribution in [2.45, 2.75) is 51.2 Å². The minimum Gasteiger partial charge on any atom is -0.462 e. The van der Waals surface area contributed by atoms with Crippen LogP contribution in [0.5, 0.6) is 0 Å². The van der Waals surface area contributed by atoms with Crippen LogP contribution in [0.4, 0.5) is 0 Å². The van der Waals surface area contributed by atoms with Crippen LogP contribution in [0.1, 0.15) is 39.0 Å². The van der Waals surface area contributed by atoms with E-state index in [0.717, 1.165) is 47.3 Å². The molecule has 0 spiro atoms. The number of ether oxygens (including phenoxy) is 1. The van der Waals surface area contributed by atoms with Gasteiger partial charge in [-0.3, -0.25) is 4.79 Å². The van der Waals surface area contributed by atoms with Gasteiger partial charge in [0.05, 0.1) is 6.10 Å². The molecule has 7 fully saturated rings. The monoisotopic (exact) mass is 328 g/mol. The fourth-order valence-electron chi connectivity index (χ4n) is 10.7. The smallest absolute Gasteiger partial charge is 0.302 e. The van der Waals surface area contributed by atoms with Crippen LogP contribution in [0.2, 0.25) is 0 Å². The van der Waals surface area contributed by atoms with Crippen molar-refractivity contribution < 1.29 is 14.6 Å². The highest BCUT2D eigenvalue weighted by Crippen LogP contribution is 2.82. The quantitative estimate of drug-likeness (QED) is 0.753. The molecular formula is C21H28O3. The molecule has 0 aromatic rings. The van der Waals surface area contributed by atoms with Crippen molar-refractivity contribution in [3.63, 3.8) is 0 Å². The second-order valence-corrected chi connectivity index (χ2v) is 10.3. The lowest BCUT2D eigenvalue weighted by Gasteiger charge is -2.31. The Kier molecular flexibility index (Phi) is 2.30. The van der Waals surface area contributed by atoms with Gasteiger partial charge in [0.2, 0.25) is 0 Å². The summed E-state index contributed by atoms with van der Waals surface area (Å²) in [5.41, 5.74) is 0. The lowest BCUT2D eigenvalue weighted by Crippen LogP contribution is -2.35. The lowest BCUT2D eigenvalue weighted by molar-refractivity contribution is -0.152. The van der Waals surface area contributed by atoms with E-state index in [2.05, 4.69) is 0 Å². The predicted molar refractivity (Wildman–Crippen MR) is 86.5 cm³/mol. The first-order chi connectivity index (χ1) is 11.7. The van der Waals surface area contributed by atoms with Crippen LogP contribution in [0.3, 0.4) is 0 Å². The van der Waals surface area contributed by atoms with Gasteiger partial charge in [0.1, 0.15) is 6.10 Å². The van der Waals surface area contributed by atoms with Gasteiger partial charge in [-0.1, -0.05) is 6.42 Å². The van der Waals surface area contributed by atoms with Crippen molar-refractivity contribution in [3.8, 4) is 0 Å². The fraction of sp³-hybridized carbons (Fsp3) is 0.952. The second-order valence-electron chi connectivity index (χ2n) is 10.3. The summed E-state index contributed by atoms with van der Waals surface area (Å²) in [6, 6.07) is 0. The summed E-state index contributed by atoms with van der Waals surface area (Å²) in [4.78, 5) is 11.9. The van der Waals surface area contributed by atoms with Crippen molar-refractivity contribution in [2.24, 2.45) is 71.0 Å². The molecule has 0 aromatic carbocycles. The number of carbonyl (C=O) groups is 1. The van der Waals surface area contributed by atoms with Crippen molar-refractivity contribution in [1.82, 2.24) is 0 Å². The molecule has 0 aromatic heterocycles. The normalized spacial score (nSPS) is 69.4. The SMILES string of the molecule is CC(=O)O[C@@H]1[C@H]2[C@@H]3CC[C@H]4[C@@H](O)[C@@H]5[C@@H]6[C@H]7CCC[C@H]7[C@H]1[C@H]6[C@H]2[C@@H]5[C@H]34. The molecule has 24 heavy (non-hydrogen) atoms. The Labute approximate surface area is 143 Å². The van der Waals surface area contributed by atoms with Gasteiger partial charge >= 0.3 is 5.97 Å². The van der Waals surface area contributed by atoms with Gasteiger partial charge < -0.3 is 9.84 Å². The molecule has 0 heterocycles. The molecule has 0 unspecified atom stereocenters. The third-order valence-corrected chi connectivity index (χ3v) is 10.4. The third kappa shape index (κ3) is 1.20. The zero-order chi connectivity index (χ0) is 15.9. The first kappa shape index (κ1) is 13.6. The molecular weight excluding hydrogens is 300 g/mol. The highest BCUT2D eigenvalue weighted by atomic mass is 16.5. The Morgan fingerprint density at radius 2 is 1.38 bits per heavy atom. The highest BCUT2D eigenvalue weighted by molar-refractivity contribution is 5.66. The maximum Gasteiger partial charge on any atom is 0.302 e. The molecule has 3 heteroatoms. The molecule has 0 aliphatic heterocycles. The van der Waals surface area contributed by atoms with E-state index in [1.54, 1.807) is 6.92 Å². The van der Waals surface area contributed by atoms with E-state index < -0.39 is 0 Å². The van der Waals surface area contributed by atoms with Gasteiger partial charge in [-0.05, 0) is 84.9 Å². The van der Waals surface area contributed by atoms with Crippen LogP contribution in [0.15, 0.2) is 0 Å². The van der Waals surface area contributed by atoms with Crippen LogP contribution in [-0.4, -0.2) is 23.3 Å². The molecule has 0 bridgehead atoms. The van der Waals surface area contributed by atoms with E-state index in [4.69, 9.17) is 4.74 Å². The lowest BCUT2D eigenvalue weighted by atomic mass is 9.77. The van der Waals surface area contributed by atoms with Gasteiger partial charge in [0.25, 0.3) is 0 Å². The standard InChI is InChI=1S/C21H28O3/c1-7(22)24-21-14-9-4-2-3-8(9)13-17(14)18-15(21)10-5-6-11-12(10)16(18)19(13)20(11)23/h8-21,23H,2-6H2,1H3/t8-,9+,10+,11+,12+,13+,14-,15-,16-,17-,18+,19+,20+,21-/m0/s1. The second kappa shape index (κ2) is 4.05. The van der Waals surface area contributed by atoms with E-state index in [1.165, 1.54) is 32.1 Å². The summed E-state index contributed by atoms with van der Waals surface area (Å²) >= 11 is 0. The number of aliphatic hydroxyl groups excluding tert-OH is 1. The molecule has 0 amide bonds. The highest BCUT2D eigenvalue weighted by Gasteiger charge is 2.81. The van der Waals surface area contributed by atoms with Crippen molar-refractivity contribution in [2.75, 3.05) is 0 Å². The largest absolute Gasteiger partial charge is 0.462 e. The fourth-order valence-corrected chi connectivity index (χ4v) is 10.7. The van der Waals surface area contributed by atoms with Gasteiger partial charge in [0.15, 0.2) is 0 Å². The maximum absolute atomic E-state index is 11.9.